The van der Waals surface area contributed by atoms with E-state index in [2.05, 4.69) is 20.3 Å². The van der Waals surface area contributed by atoms with Crippen molar-refractivity contribution >= 4 is 17.1 Å². The summed E-state index contributed by atoms with van der Waals surface area (Å²) in [5, 5.41) is 7.97. The van der Waals surface area contributed by atoms with Gasteiger partial charge in [0.1, 0.15) is 11.6 Å². The van der Waals surface area contributed by atoms with Gasteiger partial charge in [0.25, 0.3) is 5.56 Å². The summed E-state index contributed by atoms with van der Waals surface area (Å²) in [6.45, 7) is 1.49. The minimum Gasteiger partial charge on any atom is -0.343 e. The first-order chi connectivity index (χ1) is 15.6. The zero-order valence-corrected chi connectivity index (χ0v) is 18.0. The number of H-pyrrole nitrogens is 1. The van der Waals surface area contributed by atoms with Gasteiger partial charge in [0.2, 0.25) is 5.91 Å². The van der Waals surface area contributed by atoms with E-state index in [-0.39, 0.29) is 35.3 Å². The topological polar surface area (TPSA) is 96.8 Å². The monoisotopic (exact) mass is 438 g/mol. The molecule has 1 aliphatic heterocycles. The van der Waals surface area contributed by atoms with Crippen molar-refractivity contribution in [2.24, 2.45) is 5.92 Å². The van der Waals surface area contributed by atoms with Crippen LogP contribution in [0.3, 0.4) is 0 Å². The van der Waals surface area contributed by atoms with Crippen LogP contribution in [0.25, 0.3) is 11.2 Å². The second-order valence-corrected chi connectivity index (χ2v) is 8.97. The van der Waals surface area contributed by atoms with E-state index >= 15 is 0 Å². The molecular formula is C23H27FN6O2. The number of hydrogen-bond donors (Lipinski definition) is 1. The van der Waals surface area contributed by atoms with Crippen LogP contribution in [0.1, 0.15) is 62.3 Å². The average molecular weight is 439 g/mol. The highest BCUT2D eigenvalue weighted by Gasteiger charge is 2.28. The van der Waals surface area contributed by atoms with Crippen LogP contribution in [-0.4, -0.2) is 48.9 Å². The first-order valence-corrected chi connectivity index (χ1v) is 11.4. The van der Waals surface area contributed by atoms with E-state index in [0.717, 1.165) is 12.8 Å². The fourth-order valence-electron chi connectivity index (χ4n) is 4.96. The number of aromatic amines is 1. The molecule has 1 saturated heterocycles. The summed E-state index contributed by atoms with van der Waals surface area (Å²) in [5.74, 6) is 1.10. The molecule has 9 heteroatoms. The van der Waals surface area contributed by atoms with Crippen LogP contribution in [0.5, 0.6) is 0 Å². The number of fused-ring (bicyclic) bond motifs is 1. The largest absolute Gasteiger partial charge is 0.343 e. The number of carbonyl (C=O) groups is 1. The molecule has 2 fully saturated rings. The quantitative estimate of drug-likeness (QED) is 0.661. The highest BCUT2D eigenvalue weighted by molar-refractivity contribution is 5.76. The maximum absolute atomic E-state index is 14.1. The number of benzene rings is 1. The van der Waals surface area contributed by atoms with Gasteiger partial charge in [0, 0.05) is 31.0 Å². The Morgan fingerprint density at radius 1 is 1.12 bits per heavy atom. The Hall–Kier alpha value is -3.10. The van der Waals surface area contributed by atoms with Crippen molar-refractivity contribution in [2.75, 3.05) is 13.1 Å². The zero-order valence-electron chi connectivity index (χ0n) is 18.0. The average Bonchev–Trinajstić information content (AvgIpc) is 3.46. The molecule has 1 amide bonds. The Morgan fingerprint density at radius 3 is 2.62 bits per heavy atom. The number of nitrogens with one attached hydrogen (secondary N) is 1. The molecule has 2 aliphatic rings. The Morgan fingerprint density at radius 2 is 1.88 bits per heavy atom. The maximum atomic E-state index is 14.1. The van der Waals surface area contributed by atoms with Crippen LogP contribution in [0.2, 0.25) is 0 Å². The fraction of sp³-hybridized carbons (Fsp3) is 0.522. The number of amides is 1. The number of halogens is 1. The van der Waals surface area contributed by atoms with Gasteiger partial charge in [0.15, 0.2) is 11.2 Å². The molecule has 0 atom stereocenters. The van der Waals surface area contributed by atoms with Gasteiger partial charge in [-0.05, 0) is 37.7 Å². The Balaban J connectivity index is 1.31. The van der Waals surface area contributed by atoms with Crippen molar-refractivity contribution in [1.29, 1.82) is 0 Å². The van der Waals surface area contributed by atoms with Crippen molar-refractivity contribution in [1.82, 2.24) is 29.9 Å². The number of nitrogens with zero attached hydrogens (tertiary/aromatic N) is 5. The summed E-state index contributed by atoms with van der Waals surface area (Å²) in [6.07, 6.45) is 6.98. The van der Waals surface area contributed by atoms with E-state index in [1.807, 2.05) is 4.90 Å². The third-order valence-corrected chi connectivity index (χ3v) is 6.84. The van der Waals surface area contributed by atoms with E-state index in [9.17, 15) is 14.0 Å². The fourth-order valence-corrected chi connectivity index (χ4v) is 4.96. The molecule has 0 radical (unpaired) electrons. The van der Waals surface area contributed by atoms with Gasteiger partial charge in [-0.15, -0.1) is 5.10 Å². The van der Waals surface area contributed by atoms with E-state index in [1.54, 1.807) is 18.2 Å². The molecule has 3 heterocycles. The highest BCUT2D eigenvalue weighted by Crippen LogP contribution is 2.30. The molecule has 0 unspecified atom stereocenters. The van der Waals surface area contributed by atoms with Crippen molar-refractivity contribution in [3.8, 4) is 0 Å². The lowest BCUT2D eigenvalue weighted by Gasteiger charge is -2.32. The normalized spacial score (nSPS) is 18.0. The summed E-state index contributed by atoms with van der Waals surface area (Å²) in [5.41, 5.74) is 0.613. The molecule has 1 N–H and O–H groups in total. The summed E-state index contributed by atoms with van der Waals surface area (Å²) < 4.78 is 15.5. The Bertz CT molecular complexity index is 1170. The zero-order chi connectivity index (χ0) is 22.1. The third kappa shape index (κ3) is 4.16. The first kappa shape index (κ1) is 20.8. The van der Waals surface area contributed by atoms with Crippen LogP contribution in [0.15, 0.2) is 29.1 Å². The van der Waals surface area contributed by atoms with Crippen molar-refractivity contribution < 1.29 is 9.18 Å². The number of likely N-dealkylation sites (tertiary alicyclic amines) is 1. The number of carbonyl (C=O) groups excluding carboxylic acids is 1. The minimum atomic E-state index is -0.343. The number of aromatic nitrogens is 5. The lowest BCUT2D eigenvalue weighted by atomic mass is 9.94. The standard InChI is InChI=1S/C23H27FN6O2/c24-18-8-4-3-7-17(18)14-30-22-20(27-28-30)23(32)26-21(25-22)16-9-11-29(12-10-16)19(31)13-15-5-1-2-6-15/h3-4,7-8,15-16H,1-2,5-6,9-14H2,(H,25,26,32). The maximum Gasteiger partial charge on any atom is 0.281 e. The Kier molecular flexibility index (Phi) is 5.71. The van der Waals surface area contributed by atoms with Gasteiger partial charge in [0.05, 0.1) is 6.54 Å². The molecule has 3 aromatic rings. The van der Waals surface area contributed by atoms with Crippen LogP contribution >= 0.6 is 0 Å². The molecule has 0 bridgehead atoms. The molecule has 1 aromatic carbocycles. The minimum absolute atomic E-state index is 0.0550. The van der Waals surface area contributed by atoms with Crippen molar-refractivity contribution in [3.63, 3.8) is 0 Å². The SMILES string of the molecule is O=C(CC1CCCC1)N1CCC(c2nc3c(nnn3Cc3ccccc3F)c(=O)[nH]2)CC1. The molecule has 2 aromatic heterocycles. The number of rotatable bonds is 5. The van der Waals surface area contributed by atoms with Gasteiger partial charge in [-0.3, -0.25) is 9.59 Å². The van der Waals surface area contributed by atoms with Crippen LogP contribution in [0.4, 0.5) is 4.39 Å². The summed E-state index contributed by atoms with van der Waals surface area (Å²) in [4.78, 5) is 34.7. The summed E-state index contributed by atoms with van der Waals surface area (Å²) in [6, 6.07) is 6.45. The lowest BCUT2D eigenvalue weighted by Crippen LogP contribution is -2.39. The van der Waals surface area contributed by atoms with Crippen molar-refractivity contribution in [2.45, 2.75) is 57.4 Å². The van der Waals surface area contributed by atoms with Crippen molar-refractivity contribution in [3.05, 3.63) is 51.8 Å². The Labute approximate surface area is 184 Å². The van der Waals surface area contributed by atoms with E-state index in [4.69, 9.17) is 0 Å². The smallest absolute Gasteiger partial charge is 0.281 e. The molecular weight excluding hydrogens is 411 g/mol. The number of piperidine rings is 1. The summed E-state index contributed by atoms with van der Waals surface area (Å²) >= 11 is 0. The van der Waals surface area contributed by atoms with Gasteiger partial charge >= 0.3 is 0 Å². The first-order valence-electron chi connectivity index (χ1n) is 11.4. The van der Waals surface area contributed by atoms with Gasteiger partial charge in [-0.25, -0.2) is 14.1 Å². The van der Waals surface area contributed by atoms with Crippen LogP contribution in [-0.2, 0) is 11.3 Å². The molecule has 5 rings (SSSR count). The molecule has 32 heavy (non-hydrogen) atoms. The second-order valence-electron chi connectivity index (χ2n) is 8.97. The number of hydrogen-bond acceptors (Lipinski definition) is 5. The van der Waals surface area contributed by atoms with E-state index in [0.29, 0.717) is 42.5 Å². The summed E-state index contributed by atoms with van der Waals surface area (Å²) in [7, 11) is 0. The van der Waals surface area contributed by atoms with Gasteiger partial charge in [-0.1, -0.05) is 36.3 Å². The predicted octanol–water partition coefficient (Wildman–Crippen LogP) is 2.99. The van der Waals surface area contributed by atoms with E-state index in [1.165, 1.54) is 36.4 Å². The third-order valence-electron chi connectivity index (χ3n) is 6.84. The second kappa shape index (κ2) is 8.80. The van der Waals surface area contributed by atoms with Gasteiger partial charge in [-0.2, -0.15) is 0 Å². The molecule has 0 spiro atoms. The lowest BCUT2D eigenvalue weighted by molar-refractivity contribution is -0.133. The van der Waals surface area contributed by atoms with Crippen LogP contribution < -0.4 is 5.56 Å². The predicted molar refractivity (Wildman–Crippen MR) is 117 cm³/mol. The highest BCUT2D eigenvalue weighted by atomic mass is 19.1. The molecule has 168 valence electrons. The molecule has 1 saturated carbocycles. The van der Waals surface area contributed by atoms with Crippen LogP contribution in [0, 0.1) is 11.7 Å². The van der Waals surface area contributed by atoms with E-state index < -0.39 is 0 Å². The molecule has 1 aliphatic carbocycles. The molecule has 8 nitrogen and oxygen atoms in total. The van der Waals surface area contributed by atoms with Gasteiger partial charge < -0.3 is 9.88 Å².